The topological polar surface area (TPSA) is 269 Å². The summed E-state index contributed by atoms with van der Waals surface area (Å²) < 4.78 is 28.5. The molecular weight excluding hydrogens is 592 g/mol. The first kappa shape index (κ1) is 31.9. The molecule has 0 amide bonds. The molecule has 0 bridgehead atoms. The average molecular weight is 625 g/mol. The molecule has 16 nitrogen and oxygen atoms in total. The van der Waals surface area contributed by atoms with Crippen LogP contribution in [0.4, 0.5) is 0 Å². The number of hydrogen-bond acceptors (Lipinski definition) is 16. The lowest BCUT2D eigenvalue weighted by atomic mass is 9.83. The Bertz CT molecular complexity index is 1540. The van der Waals surface area contributed by atoms with E-state index < -0.39 is 108 Å². The van der Waals surface area contributed by atoms with Gasteiger partial charge in [0.2, 0.25) is 11.2 Å². The Morgan fingerprint density at radius 3 is 2.09 bits per heavy atom. The van der Waals surface area contributed by atoms with Gasteiger partial charge in [-0.2, -0.15) is 0 Å². The second kappa shape index (κ2) is 12.1. The maximum absolute atomic E-state index is 14.0. The standard InChI is InChI=1S/C28H32O16/c1-40-12-4-2-10(3-5-12)24-25(20(35)17-13(32)6-11(31)7-14(17)41-24)44-28(26(39)22(37)19(34)16(9-30)43-28)27-23(38)21(36)18(33)15(8-29)42-27/h2-7,15-16,18-19,21-23,26-27,29-34,36-39H,8-9H2,1H3/t15-,16-,18+,19-,21+,22-,23-,26-,27-,28-/m0/s1. The number of aliphatic hydroxyl groups excluding tert-OH is 8. The summed E-state index contributed by atoms with van der Waals surface area (Å²) in [7, 11) is 1.41. The Labute approximate surface area is 247 Å². The van der Waals surface area contributed by atoms with Crippen LogP contribution in [0.3, 0.4) is 0 Å². The predicted molar refractivity (Wildman–Crippen MR) is 145 cm³/mol. The third-order valence-corrected chi connectivity index (χ3v) is 7.80. The highest BCUT2D eigenvalue weighted by Gasteiger charge is 2.65. The summed E-state index contributed by atoms with van der Waals surface area (Å²) in [4.78, 5) is 14.0. The van der Waals surface area contributed by atoms with Gasteiger partial charge in [-0.25, -0.2) is 0 Å². The zero-order valence-corrected chi connectivity index (χ0v) is 23.0. The summed E-state index contributed by atoms with van der Waals surface area (Å²) in [6, 6.07) is 7.74. The van der Waals surface area contributed by atoms with Crippen LogP contribution in [-0.2, 0) is 9.47 Å². The molecule has 3 heterocycles. The molecule has 10 atom stereocenters. The van der Waals surface area contributed by atoms with Crippen LogP contribution in [0.15, 0.2) is 45.6 Å². The Morgan fingerprint density at radius 2 is 1.48 bits per heavy atom. The fourth-order valence-corrected chi connectivity index (χ4v) is 5.43. The van der Waals surface area contributed by atoms with Crippen molar-refractivity contribution in [3.05, 3.63) is 46.6 Å². The van der Waals surface area contributed by atoms with E-state index in [-0.39, 0.29) is 11.1 Å². The number of ether oxygens (including phenoxy) is 4. The molecule has 2 fully saturated rings. The first-order chi connectivity index (χ1) is 20.9. The molecule has 0 spiro atoms. The van der Waals surface area contributed by atoms with Gasteiger partial charge in [0.05, 0.1) is 20.3 Å². The van der Waals surface area contributed by atoms with Crippen molar-refractivity contribution >= 4 is 11.0 Å². The maximum atomic E-state index is 14.0. The fraction of sp³-hybridized carbons (Fsp3) is 0.464. The fourth-order valence-electron chi connectivity index (χ4n) is 5.43. The number of rotatable bonds is 7. The molecule has 44 heavy (non-hydrogen) atoms. The van der Waals surface area contributed by atoms with Crippen molar-refractivity contribution in [1.82, 2.24) is 0 Å². The number of methoxy groups -OCH3 is 1. The molecule has 0 saturated carbocycles. The highest BCUT2D eigenvalue weighted by Crippen LogP contribution is 2.44. The van der Waals surface area contributed by atoms with Gasteiger partial charge in [-0.3, -0.25) is 4.79 Å². The lowest BCUT2D eigenvalue weighted by molar-refractivity contribution is -0.396. The van der Waals surface area contributed by atoms with Crippen LogP contribution >= 0.6 is 0 Å². The number of fused-ring (bicyclic) bond motifs is 1. The molecule has 0 unspecified atom stereocenters. The highest BCUT2D eigenvalue weighted by molar-refractivity contribution is 5.88. The van der Waals surface area contributed by atoms with Crippen molar-refractivity contribution in [2.75, 3.05) is 20.3 Å². The molecule has 3 aromatic rings. The van der Waals surface area contributed by atoms with Gasteiger partial charge in [0.25, 0.3) is 5.79 Å². The molecule has 0 aliphatic carbocycles. The minimum Gasteiger partial charge on any atom is -0.508 e. The van der Waals surface area contributed by atoms with E-state index in [2.05, 4.69) is 0 Å². The minimum atomic E-state index is -2.98. The number of benzene rings is 2. The summed E-state index contributed by atoms with van der Waals surface area (Å²) in [5.74, 6) is -4.98. The van der Waals surface area contributed by atoms with Crippen LogP contribution in [0.5, 0.6) is 23.0 Å². The SMILES string of the molecule is COc1ccc(-c2oc3cc(O)cc(O)c3c(=O)c2O[C@@]2([C@H]3O[C@@H](CO)[C@@H](O)[C@@H](O)[C@@H]3O)O[C@@H](CO)[C@H](O)[C@H](O)[C@@H]2O)cc1. The first-order valence-corrected chi connectivity index (χ1v) is 13.4. The van der Waals surface area contributed by atoms with Gasteiger partial charge in [0, 0.05) is 17.7 Å². The van der Waals surface area contributed by atoms with Gasteiger partial charge < -0.3 is 74.4 Å². The summed E-state index contributed by atoms with van der Waals surface area (Å²) in [5.41, 5.74) is -1.28. The second-order valence-corrected chi connectivity index (χ2v) is 10.5. The molecule has 1 aromatic heterocycles. The van der Waals surface area contributed by atoms with Crippen molar-refractivity contribution < 1.29 is 74.4 Å². The third-order valence-electron chi connectivity index (χ3n) is 7.80. The normalized spacial score (nSPS) is 34.2. The smallest absolute Gasteiger partial charge is 0.269 e. The number of aliphatic hydroxyl groups is 8. The van der Waals surface area contributed by atoms with Crippen molar-refractivity contribution in [3.8, 4) is 34.3 Å². The van der Waals surface area contributed by atoms with Crippen LogP contribution < -0.4 is 14.9 Å². The van der Waals surface area contributed by atoms with E-state index in [0.717, 1.165) is 12.1 Å². The monoisotopic (exact) mass is 624 g/mol. The quantitative estimate of drug-likeness (QED) is 0.128. The summed E-state index contributed by atoms with van der Waals surface area (Å²) in [6.45, 7) is -1.92. The summed E-state index contributed by atoms with van der Waals surface area (Å²) >= 11 is 0. The van der Waals surface area contributed by atoms with Gasteiger partial charge >= 0.3 is 0 Å². The van der Waals surface area contributed by atoms with E-state index in [1.165, 1.54) is 31.4 Å². The molecule has 2 saturated heterocycles. The lowest BCUT2D eigenvalue weighted by Gasteiger charge is -2.54. The van der Waals surface area contributed by atoms with Crippen LogP contribution in [0.25, 0.3) is 22.3 Å². The second-order valence-electron chi connectivity index (χ2n) is 10.5. The Morgan fingerprint density at radius 1 is 0.841 bits per heavy atom. The molecule has 16 heteroatoms. The number of phenolic OH excluding ortho intramolecular Hbond substituents is 2. The van der Waals surface area contributed by atoms with E-state index in [0.29, 0.717) is 5.75 Å². The Balaban J connectivity index is 1.79. The zero-order valence-electron chi connectivity index (χ0n) is 23.0. The minimum absolute atomic E-state index is 0.135. The van der Waals surface area contributed by atoms with E-state index in [1.807, 2.05) is 0 Å². The van der Waals surface area contributed by atoms with Crippen LogP contribution in [-0.4, -0.2) is 132 Å². The lowest BCUT2D eigenvalue weighted by Crippen LogP contribution is -2.77. The van der Waals surface area contributed by atoms with Crippen LogP contribution in [0, 0.1) is 0 Å². The average Bonchev–Trinajstić information content (AvgIpc) is 3.01. The predicted octanol–water partition coefficient (Wildman–Crippen LogP) is -2.73. The molecular formula is C28H32O16. The molecule has 5 rings (SSSR count). The van der Waals surface area contributed by atoms with Gasteiger partial charge in [0.1, 0.15) is 70.9 Å². The molecule has 10 N–H and O–H groups in total. The van der Waals surface area contributed by atoms with E-state index in [4.69, 9.17) is 23.4 Å². The summed E-state index contributed by atoms with van der Waals surface area (Å²) in [6.07, 6.45) is -18.1. The molecule has 0 radical (unpaired) electrons. The Kier molecular flexibility index (Phi) is 8.76. The van der Waals surface area contributed by atoms with Crippen molar-refractivity contribution in [2.45, 2.75) is 60.7 Å². The Hall–Kier alpha value is -3.55. The van der Waals surface area contributed by atoms with Crippen molar-refractivity contribution in [2.24, 2.45) is 0 Å². The molecule has 240 valence electrons. The molecule has 2 aliphatic rings. The van der Waals surface area contributed by atoms with Gasteiger partial charge in [-0.1, -0.05) is 0 Å². The van der Waals surface area contributed by atoms with Crippen LogP contribution in [0.1, 0.15) is 0 Å². The number of aromatic hydroxyl groups is 2. The summed E-state index contributed by atoms with van der Waals surface area (Å²) in [5, 5.41) is 104. The maximum Gasteiger partial charge on any atom is 0.269 e. The van der Waals surface area contributed by atoms with Gasteiger partial charge in [-0.15, -0.1) is 0 Å². The largest absolute Gasteiger partial charge is 0.508 e. The van der Waals surface area contributed by atoms with E-state index in [1.54, 1.807) is 0 Å². The van der Waals surface area contributed by atoms with E-state index in [9.17, 15) is 55.9 Å². The van der Waals surface area contributed by atoms with E-state index >= 15 is 0 Å². The highest BCUT2D eigenvalue weighted by atomic mass is 16.8. The molecule has 2 aromatic carbocycles. The van der Waals surface area contributed by atoms with Gasteiger partial charge in [0.15, 0.2) is 18.0 Å². The number of hydrogen-bond donors (Lipinski definition) is 10. The van der Waals surface area contributed by atoms with Crippen LogP contribution in [0.2, 0.25) is 0 Å². The van der Waals surface area contributed by atoms with Crippen molar-refractivity contribution in [3.63, 3.8) is 0 Å². The molecule has 2 aliphatic heterocycles. The van der Waals surface area contributed by atoms with Gasteiger partial charge in [-0.05, 0) is 24.3 Å². The third kappa shape index (κ3) is 5.14. The first-order valence-electron chi connectivity index (χ1n) is 13.4. The van der Waals surface area contributed by atoms with Crippen molar-refractivity contribution in [1.29, 1.82) is 0 Å². The number of phenols is 2. The zero-order chi connectivity index (χ0) is 32.1.